The highest BCUT2D eigenvalue weighted by atomic mass is 19.4. The van der Waals surface area contributed by atoms with Crippen molar-refractivity contribution in [3.63, 3.8) is 0 Å². The highest BCUT2D eigenvalue weighted by Gasteiger charge is 2.34. The molecule has 0 bridgehead atoms. The second-order valence-electron chi connectivity index (χ2n) is 11.0. The minimum atomic E-state index is -4.92. The molecule has 9 nitrogen and oxygen atoms in total. The van der Waals surface area contributed by atoms with Crippen LogP contribution >= 0.6 is 0 Å². The van der Waals surface area contributed by atoms with Crippen molar-refractivity contribution in [3.05, 3.63) is 63.2 Å². The molecule has 4 rings (SSSR count). The number of methoxy groups -OCH3 is 1. The van der Waals surface area contributed by atoms with Crippen LogP contribution in [0.25, 0.3) is 10.9 Å². The van der Waals surface area contributed by atoms with Gasteiger partial charge in [-0.15, -0.1) is 13.2 Å². The number of aromatic nitrogens is 1. The van der Waals surface area contributed by atoms with Crippen LogP contribution in [0.5, 0.6) is 11.5 Å². The smallest absolute Gasteiger partial charge is 0.492 e. The largest absolute Gasteiger partial charge is 0.573 e. The summed E-state index contributed by atoms with van der Waals surface area (Å²) in [6.45, 7) is 1.92. The highest BCUT2D eigenvalue weighted by Crippen LogP contribution is 2.40. The zero-order chi connectivity index (χ0) is 34.7. The Kier molecular flexibility index (Phi) is 10.6. The van der Waals surface area contributed by atoms with Crippen molar-refractivity contribution in [2.45, 2.75) is 58.7 Å². The number of hydrogen-bond acceptors (Lipinski definition) is 7. The Morgan fingerprint density at radius 3 is 2.32 bits per heavy atom. The van der Waals surface area contributed by atoms with E-state index in [-0.39, 0.29) is 61.5 Å². The monoisotopic (exact) mass is 675 g/mol. The third-order valence-electron chi connectivity index (χ3n) is 7.72. The first-order valence-corrected chi connectivity index (χ1v) is 14.6. The predicted molar refractivity (Wildman–Crippen MR) is 156 cm³/mol. The van der Waals surface area contributed by atoms with Gasteiger partial charge in [0.15, 0.2) is 11.6 Å². The molecule has 0 saturated carbocycles. The molecule has 1 aromatic heterocycles. The summed E-state index contributed by atoms with van der Waals surface area (Å²) < 4.78 is 110. The molecule has 16 heteroatoms. The summed E-state index contributed by atoms with van der Waals surface area (Å²) in [5.74, 6) is -3.27. The number of rotatable bonds is 10. The zero-order valence-electron chi connectivity index (χ0n) is 25.6. The molecule has 1 aliphatic heterocycles. The Morgan fingerprint density at radius 2 is 1.74 bits per heavy atom. The first kappa shape index (κ1) is 35.4. The lowest BCUT2D eigenvalue weighted by molar-refractivity contribution is -0.274. The first-order chi connectivity index (χ1) is 22.0. The lowest BCUT2D eigenvalue weighted by atomic mass is 9.93. The number of amides is 1. The van der Waals surface area contributed by atoms with Gasteiger partial charge < -0.3 is 29.0 Å². The summed E-state index contributed by atoms with van der Waals surface area (Å²) in [5, 5.41) is 1.86. The summed E-state index contributed by atoms with van der Waals surface area (Å²) >= 11 is 0. The van der Waals surface area contributed by atoms with Gasteiger partial charge in [-0.3, -0.25) is 14.4 Å². The summed E-state index contributed by atoms with van der Waals surface area (Å²) in [7, 11) is 1.13. The van der Waals surface area contributed by atoms with E-state index in [1.807, 2.05) is 0 Å². The molecular weight excluding hydrogens is 643 g/mol. The molecule has 0 unspecified atom stereocenters. The van der Waals surface area contributed by atoms with E-state index in [1.165, 1.54) is 13.0 Å². The van der Waals surface area contributed by atoms with Gasteiger partial charge in [0.2, 0.25) is 5.43 Å². The van der Waals surface area contributed by atoms with Crippen LogP contribution in [-0.4, -0.2) is 55.8 Å². The number of nitrogens with one attached hydrogen (secondary N) is 1. The van der Waals surface area contributed by atoms with Crippen molar-refractivity contribution in [3.8, 4) is 11.5 Å². The van der Waals surface area contributed by atoms with E-state index in [9.17, 15) is 40.7 Å². The van der Waals surface area contributed by atoms with Crippen LogP contribution in [0.1, 0.15) is 47.7 Å². The maximum Gasteiger partial charge on any atom is 0.573 e. The second-order valence-corrected chi connectivity index (χ2v) is 11.0. The fraction of sp³-hybridized carbons (Fsp3) is 0.452. The molecule has 2 heterocycles. The predicted octanol–water partition coefficient (Wildman–Crippen LogP) is 6.02. The van der Waals surface area contributed by atoms with E-state index >= 15 is 4.39 Å². The van der Waals surface area contributed by atoms with E-state index in [2.05, 4.69) is 10.1 Å². The maximum absolute atomic E-state index is 15.7. The number of nitrogens with zero attached hydrogens (tertiary/aromatic N) is 2. The number of halogens is 7. The maximum atomic E-state index is 15.7. The van der Waals surface area contributed by atoms with Gasteiger partial charge in [0.25, 0.3) is 5.91 Å². The van der Waals surface area contributed by atoms with Crippen molar-refractivity contribution in [1.29, 1.82) is 0 Å². The van der Waals surface area contributed by atoms with Crippen molar-refractivity contribution >= 4 is 28.5 Å². The quantitative estimate of drug-likeness (QED) is 0.208. The number of ether oxygens (including phenoxy) is 3. The molecule has 1 saturated heterocycles. The number of benzene rings is 2. The van der Waals surface area contributed by atoms with Gasteiger partial charge in [-0.25, -0.2) is 4.39 Å². The van der Waals surface area contributed by atoms with Crippen molar-refractivity contribution < 1.29 is 54.5 Å². The number of piperidine rings is 1. The summed E-state index contributed by atoms with van der Waals surface area (Å²) in [6.07, 6.45) is -7.92. The molecule has 256 valence electrons. The Bertz CT molecular complexity index is 1700. The number of carbonyl (C=O) groups is 2. The van der Waals surface area contributed by atoms with Gasteiger partial charge in [-0.2, -0.15) is 13.2 Å². The van der Waals surface area contributed by atoms with E-state index in [4.69, 9.17) is 9.47 Å². The number of esters is 1. The van der Waals surface area contributed by atoms with Crippen LogP contribution in [0.2, 0.25) is 0 Å². The molecule has 1 N–H and O–H groups in total. The molecule has 2 aromatic carbocycles. The van der Waals surface area contributed by atoms with E-state index in [0.717, 1.165) is 31.5 Å². The Hall–Kier alpha value is -4.50. The van der Waals surface area contributed by atoms with Gasteiger partial charge in [-0.05, 0) is 61.9 Å². The number of aryl methyl sites for hydroxylation is 1. The number of fused-ring (bicyclic) bond motifs is 1. The molecule has 3 aromatic rings. The number of alkyl halides is 6. The van der Waals surface area contributed by atoms with Crippen LogP contribution in [0.3, 0.4) is 0 Å². The molecular formula is C31H32F7N3O6. The van der Waals surface area contributed by atoms with Crippen molar-refractivity contribution in [1.82, 2.24) is 9.88 Å². The van der Waals surface area contributed by atoms with Gasteiger partial charge in [0, 0.05) is 32.3 Å². The molecule has 1 fully saturated rings. The summed E-state index contributed by atoms with van der Waals surface area (Å²) in [6, 6.07) is 4.12. The van der Waals surface area contributed by atoms with Crippen LogP contribution in [0.4, 0.5) is 36.4 Å². The highest BCUT2D eigenvalue weighted by molar-refractivity contribution is 5.99. The van der Waals surface area contributed by atoms with Gasteiger partial charge >= 0.3 is 18.5 Å². The van der Waals surface area contributed by atoms with Gasteiger partial charge in [-0.1, -0.05) is 6.07 Å². The van der Waals surface area contributed by atoms with E-state index in [0.29, 0.717) is 28.5 Å². The molecule has 1 amide bonds. The third-order valence-corrected chi connectivity index (χ3v) is 7.72. The van der Waals surface area contributed by atoms with Crippen LogP contribution in [-0.2, 0) is 22.6 Å². The second kappa shape index (κ2) is 14.1. The SMILES string of the molecule is CCOC(=O)CC1CCN(c2c(F)cc3c(=O)c(C(=O)NCc4ccc(OC(F)(F)F)cc4C)cn(CC(F)(F)F)c3c2OC)CC1. The molecule has 0 radical (unpaired) electrons. The molecule has 1 aliphatic rings. The van der Waals surface area contributed by atoms with Gasteiger partial charge in [0.05, 0.1) is 24.6 Å². The molecule has 0 atom stereocenters. The summed E-state index contributed by atoms with van der Waals surface area (Å²) in [4.78, 5) is 40.1. The Balaban J connectivity index is 1.68. The number of anilines is 1. The summed E-state index contributed by atoms with van der Waals surface area (Å²) in [5.41, 5.74) is -1.66. The zero-order valence-corrected chi connectivity index (χ0v) is 25.6. The van der Waals surface area contributed by atoms with E-state index in [1.54, 1.807) is 11.8 Å². The Morgan fingerprint density at radius 1 is 1.06 bits per heavy atom. The number of hydrogen-bond donors (Lipinski definition) is 1. The average Bonchev–Trinajstić information content (AvgIpc) is 2.96. The van der Waals surface area contributed by atoms with Crippen LogP contribution in [0, 0.1) is 18.7 Å². The standard InChI is InChI=1S/C31H32F7N3O6/c1-4-46-24(42)12-18-7-9-40(10-8-18)26-23(32)13-21-25(28(26)45-3)41(16-30(33,34)35)15-22(27(21)43)29(44)39-14-19-5-6-20(11-17(19)2)47-31(36,37)38/h5-6,11,13,15,18H,4,7-10,12,14,16H2,1-3H3,(H,39,44). The minimum Gasteiger partial charge on any atom is -0.492 e. The van der Waals surface area contributed by atoms with Gasteiger partial charge in [0.1, 0.15) is 23.5 Å². The number of pyridine rings is 1. The average molecular weight is 676 g/mol. The van der Waals surface area contributed by atoms with Crippen LogP contribution < -0.4 is 25.1 Å². The topological polar surface area (TPSA) is 99.1 Å². The first-order valence-electron chi connectivity index (χ1n) is 14.6. The Labute approximate surface area is 264 Å². The van der Waals surface area contributed by atoms with Crippen molar-refractivity contribution in [2.75, 3.05) is 31.7 Å². The van der Waals surface area contributed by atoms with E-state index < -0.39 is 52.9 Å². The minimum absolute atomic E-state index is 0.0424. The molecule has 0 spiro atoms. The third kappa shape index (κ3) is 8.65. The molecule has 47 heavy (non-hydrogen) atoms. The van der Waals surface area contributed by atoms with Crippen LogP contribution in [0.15, 0.2) is 35.3 Å². The fourth-order valence-electron chi connectivity index (χ4n) is 5.61. The number of carbonyl (C=O) groups excluding carboxylic acids is 2. The fourth-order valence-corrected chi connectivity index (χ4v) is 5.61. The molecule has 0 aliphatic carbocycles. The lowest BCUT2D eigenvalue weighted by Crippen LogP contribution is -2.36. The van der Waals surface area contributed by atoms with Crippen molar-refractivity contribution in [2.24, 2.45) is 5.92 Å². The normalized spacial score (nSPS) is 14.3. The lowest BCUT2D eigenvalue weighted by Gasteiger charge is -2.34.